The van der Waals surface area contributed by atoms with Crippen LogP contribution in [0.15, 0.2) is 84.9 Å². The standard InChI is InChI=1S/C27H24O4/c28-26(19-10-3-1-4-11-19)30-23-17-21-16-15-18-9-7-8-14-22(18)24(21)25(23)31-27(29)20-12-5-2-6-13-20/h1-14,21,23-25H,15-17H2. The van der Waals surface area contributed by atoms with Crippen LogP contribution in [0.1, 0.15) is 50.6 Å². The fourth-order valence-corrected chi connectivity index (χ4v) is 5.04. The lowest BCUT2D eigenvalue weighted by molar-refractivity contribution is -0.0282. The van der Waals surface area contributed by atoms with Crippen molar-refractivity contribution in [1.29, 1.82) is 0 Å². The summed E-state index contributed by atoms with van der Waals surface area (Å²) < 4.78 is 12.0. The van der Waals surface area contributed by atoms with E-state index in [0.717, 1.165) is 12.8 Å². The molecule has 0 aromatic heterocycles. The summed E-state index contributed by atoms with van der Waals surface area (Å²) in [4.78, 5) is 25.7. The highest BCUT2D eigenvalue weighted by Gasteiger charge is 2.50. The summed E-state index contributed by atoms with van der Waals surface area (Å²) >= 11 is 0. The van der Waals surface area contributed by atoms with Gasteiger partial charge in [-0.1, -0.05) is 60.7 Å². The fourth-order valence-electron chi connectivity index (χ4n) is 5.04. The minimum atomic E-state index is -0.508. The molecular formula is C27H24O4. The molecule has 0 spiro atoms. The van der Waals surface area contributed by atoms with Crippen molar-refractivity contribution >= 4 is 11.9 Å². The van der Waals surface area contributed by atoms with E-state index in [2.05, 4.69) is 12.1 Å². The monoisotopic (exact) mass is 412 g/mol. The lowest BCUT2D eigenvalue weighted by Gasteiger charge is -2.31. The van der Waals surface area contributed by atoms with Crippen molar-refractivity contribution in [2.75, 3.05) is 0 Å². The molecule has 0 aliphatic heterocycles. The highest BCUT2D eigenvalue weighted by molar-refractivity contribution is 5.90. The van der Waals surface area contributed by atoms with Gasteiger partial charge >= 0.3 is 11.9 Å². The molecule has 1 saturated carbocycles. The van der Waals surface area contributed by atoms with E-state index in [9.17, 15) is 9.59 Å². The van der Waals surface area contributed by atoms with Crippen LogP contribution in [0.3, 0.4) is 0 Å². The molecule has 5 rings (SSSR count). The van der Waals surface area contributed by atoms with E-state index in [-0.39, 0.29) is 17.9 Å². The summed E-state index contributed by atoms with van der Waals surface area (Å²) in [6.07, 6.45) is 1.72. The molecule has 4 nitrogen and oxygen atoms in total. The quantitative estimate of drug-likeness (QED) is 0.554. The highest BCUT2D eigenvalue weighted by atomic mass is 16.6. The van der Waals surface area contributed by atoms with Gasteiger partial charge in [-0.05, 0) is 60.6 Å². The summed E-state index contributed by atoms with van der Waals surface area (Å²) in [5.41, 5.74) is 3.51. The van der Waals surface area contributed by atoms with Crippen molar-refractivity contribution in [2.24, 2.45) is 5.92 Å². The molecule has 31 heavy (non-hydrogen) atoms. The maximum atomic E-state index is 12.9. The van der Waals surface area contributed by atoms with Crippen LogP contribution in [0.5, 0.6) is 0 Å². The van der Waals surface area contributed by atoms with Crippen LogP contribution in [0.4, 0.5) is 0 Å². The lowest BCUT2D eigenvalue weighted by atomic mass is 9.76. The lowest BCUT2D eigenvalue weighted by Crippen LogP contribution is -2.35. The highest BCUT2D eigenvalue weighted by Crippen LogP contribution is 2.49. The van der Waals surface area contributed by atoms with Gasteiger partial charge < -0.3 is 9.47 Å². The van der Waals surface area contributed by atoms with Crippen LogP contribution in [0.2, 0.25) is 0 Å². The third kappa shape index (κ3) is 3.86. The second-order valence-electron chi connectivity index (χ2n) is 8.30. The van der Waals surface area contributed by atoms with Gasteiger partial charge in [0.15, 0.2) is 0 Å². The smallest absolute Gasteiger partial charge is 0.338 e. The third-order valence-corrected chi connectivity index (χ3v) is 6.48. The number of carbonyl (C=O) groups excluding carboxylic acids is 2. The zero-order valence-corrected chi connectivity index (χ0v) is 17.1. The van der Waals surface area contributed by atoms with E-state index < -0.39 is 12.2 Å². The van der Waals surface area contributed by atoms with Crippen molar-refractivity contribution in [3.8, 4) is 0 Å². The third-order valence-electron chi connectivity index (χ3n) is 6.48. The molecule has 2 aliphatic carbocycles. The Bertz CT molecular complexity index is 1080. The molecule has 2 aliphatic rings. The van der Waals surface area contributed by atoms with Gasteiger partial charge in [0.25, 0.3) is 0 Å². The number of aryl methyl sites for hydroxylation is 1. The van der Waals surface area contributed by atoms with Gasteiger partial charge in [0.05, 0.1) is 11.1 Å². The number of ether oxygens (including phenoxy) is 2. The van der Waals surface area contributed by atoms with Crippen molar-refractivity contribution in [1.82, 2.24) is 0 Å². The van der Waals surface area contributed by atoms with E-state index in [1.165, 1.54) is 11.1 Å². The zero-order valence-electron chi connectivity index (χ0n) is 17.1. The van der Waals surface area contributed by atoms with Crippen LogP contribution in [-0.2, 0) is 15.9 Å². The van der Waals surface area contributed by atoms with Gasteiger partial charge in [0, 0.05) is 5.92 Å². The van der Waals surface area contributed by atoms with Crippen LogP contribution in [0.25, 0.3) is 0 Å². The van der Waals surface area contributed by atoms with Gasteiger partial charge in [0.2, 0.25) is 0 Å². The summed E-state index contributed by atoms with van der Waals surface area (Å²) in [5, 5.41) is 0. The summed E-state index contributed by atoms with van der Waals surface area (Å²) in [6.45, 7) is 0. The van der Waals surface area contributed by atoms with E-state index in [0.29, 0.717) is 23.5 Å². The maximum absolute atomic E-state index is 12.9. The number of carbonyl (C=O) groups is 2. The fraction of sp³-hybridized carbons (Fsp3) is 0.259. The van der Waals surface area contributed by atoms with Gasteiger partial charge in [-0.3, -0.25) is 0 Å². The molecular weight excluding hydrogens is 388 g/mol. The summed E-state index contributed by atoms with van der Waals surface area (Å²) in [5.74, 6) is -0.406. The van der Waals surface area contributed by atoms with Crippen LogP contribution in [-0.4, -0.2) is 24.1 Å². The SMILES string of the molecule is O=C(OC1CC2CCc3ccccc3C2C1OC(=O)c1ccccc1)c1ccccc1. The Hall–Kier alpha value is -3.40. The zero-order chi connectivity index (χ0) is 21.2. The molecule has 156 valence electrons. The van der Waals surface area contributed by atoms with Gasteiger partial charge in [-0.2, -0.15) is 0 Å². The first-order chi connectivity index (χ1) is 15.2. The number of benzene rings is 3. The number of fused-ring (bicyclic) bond motifs is 3. The van der Waals surface area contributed by atoms with E-state index >= 15 is 0 Å². The number of rotatable bonds is 4. The van der Waals surface area contributed by atoms with Crippen molar-refractivity contribution in [3.63, 3.8) is 0 Å². The van der Waals surface area contributed by atoms with Crippen LogP contribution < -0.4 is 0 Å². The van der Waals surface area contributed by atoms with E-state index in [1.54, 1.807) is 24.3 Å². The van der Waals surface area contributed by atoms with Crippen molar-refractivity contribution < 1.29 is 19.1 Å². The molecule has 0 bridgehead atoms. The molecule has 0 amide bonds. The molecule has 1 fully saturated rings. The maximum Gasteiger partial charge on any atom is 0.338 e. The van der Waals surface area contributed by atoms with Gasteiger partial charge in [-0.15, -0.1) is 0 Å². The predicted octanol–water partition coefficient (Wildman–Crippen LogP) is 5.19. The number of esters is 2. The summed E-state index contributed by atoms with van der Waals surface area (Å²) in [7, 11) is 0. The molecule has 0 N–H and O–H groups in total. The molecule has 4 heteroatoms. The molecule has 4 unspecified atom stereocenters. The topological polar surface area (TPSA) is 52.6 Å². The molecule has 0 heterocycles. The predicted molar refractivity (Wildman–Crippen MR) is 117 cm³/mol. The first kappa shape index (κ1) is 19.6. The molecule has 4 atom stereocenters. The average Bonchev–Trinajstić information content (AvgIpc) is 3.17. The average molecular weight is 412 g/mol. The van der Waals surface area contributed by atoms with Crippen molar-refractivity contribution in [2.45, 2.75) is 37.4 Å². The molecule has 0 radical (unpaired) electrons. The molecule has 0 saturated heterocycles. The first-order valence-corrected chi connectivity index (χ1v) is 10.8. The Balaban J connectivity index is 1.45. The van der Waals surface area contributed by atoms with E-state index in [4.69, 9.17) is 9.47 Å². The summed E-state index contributed by atoms with van der Waals surface area (Å²) in [6, 6.07) is 26.3. The van der Waals surface area contributed by atoms with Crippen LogP contribution >= 0.6 is 0 Å². The normalized spacial score (nSPS) is 24.0. The number of hydrogen-bond donors (Lipinski definition) is 0. The second kappa shape index (κ2) is 8.38. The van der Waals surface area contributed by atoms with Gasteiger partial charge in [-0.25, -0.2) is 9.59 Å². The Morgan fingerprint density at radius 3 is 1.97 bits per heavy atom. The Labute approximate surface area is 181 Å². The van der Waals surface area contributed by atoms with Crippen LogP contribution in [0, 0.1) is 5.92 Å². The van der Waals surface area contributed by atoms with Gasteiger partial charge in [0.1, 0.15) is 12.2 Å². The molecule has 3 aromatic carbocycles. The molecule has 3 aromatic rings. The minimum Gasteiger partial charge on any atom is -0.455 e. The van der Waals surface area contributed by atoms with Crippen molar-refractivity contribution in [3.05, 3.63) is 107 Å². The Kier molecular flexibility index (Phi) is 5.29. The Morgan fingerprint density at radius 1 is 0.710 bits per heavy atom. The minimum absolute atomic E-state index is 0.0335. The number of hydrogen-bond acceptors (Lipinski definition) is 4. The first-order valence-electron chi connectivity index (χ1n) is 10.8. The van der Waals surface area contributed by atoms with E-state index in [1.807, 2.05) is 48.5 Å². The second-order valence-corrected chi connectivity index (χ2v) is 8.30. The largest absolute Gasteiger partial charge is 0.455 e. The Morgan fingerprint density at radius 2 is 1.29 bits per heavy atom.